The zero-order valence-corrected chi connectivity index (χ0v) is 12.8. The number of aromatic carboxylic acids is 1. The lowest BCUT2D eigenvalue weighted by atomic mass is 10.1. The third-order valence-electron chi connectivity index (χ3n) is 3.06. The standard InChI is InChI=1S/C14H12Cl2N2O3/c1-6-11(7(2)17-12(6)14(20)21)13(19)18-10-5-8(15)3-4-9(10)16/h3-5,17H,1-2H3,(H,18,19)(H,20,21). The van der Waals surface area contributed by atoms with Crippen LogP contribution >= 0.6 is 23.2 Å². The van der Waals surface area contributed by atoms with Crippen LogP contribution in [-0.4, -0.2) is 22.0 Å². The van der Waals surface area contributed by atoms with Gasteiger partial charge in [0.25, 0.3) is 5.91 Å². The zero-order chi connectivity index (χ0) is 15.7. The molecule has 2 rings (SSSR count). The smallest absolute Gasteiger partial charge is 0.352 e. The molecule has 0 aliphatic rings. The van der Waals surface area contributed by atoms with Crippen molar-refractivity contribution in [1.29, 1.82) is 0 Å². The first-order chi connectivity index (χ1) is 9.81. The third kappa shape index (κ3) is 3.04. The van der Waals surface area contributed by atoms with Gasteiger partial charge in [0.05, 0.1) is 16.3 Å². The number of carboxylic acid groups (broad SMARTS) is 1. The molecule has 7 heteroatoms. The summed E-state index contributed by atoms with van der Waals surface area (Å²) in [6, 6.07) is 4.70. The molecule has 0 aliphatic heterocycles. The van der Waals surface area contributed by atoms with E-state index in [0.29, 0.717) is 27.0 Å². The number of rotatable bonds is 3. The van der Waals surface area contributed by atoms with Crippen molar-refractivity contribution < 1.29 is 14.7 Å². The van der Waals surface area contributed by atoms with Crippen molar-refractivity contribution in [1.82, 2.24) is 4.98 Å². The number of amides is 1. The second-order valence-corrected chi connectivity index (χ2v) is 5.35. The molecule has 5 nitrogen and oxygen atoms in total. The summed E-state index contributed by atoms with van der Waals surface area (Å²) < 4.78 is 0. The molecule has 21 heavy (non-hydrogen) atoms. The summed E-state index contributed by atoms with van der Waals surface area (Å²) >= 11 is 11.8. The lowest BCUT2D eigenvalue weighted by Gasteiger charge is -2.08. The van der Waals surface area contributed by atoms with Gasteiger partial charge in [-0.05, 0) is 37.6 Å². The fourth-order valence-corrected chi connectivity index (χ4v) is 2.42. The minimum atomic E-state index is -1.12. The Kier molecular flexibility index (Phi) is 4.25. The van der Waals surface area contributed by atoms with E-state index < -0.39 is 11.9 Å². The first kappa shape index (κ1) is 15.4. The van der Waals surface area contributed by atoms with Gasteiger partial charge in [-0.3, -0.25) is 4.79 Å². The van der Waals surface area contributed by atoms with Crippen LogP contribution in [0, 0.1) is 13.8 Å². The normalized spacial score (nSPS) is 10.5. The molecule has 1 amide bonds. The summed E-state index contributed by atoms with van der Waals surface area (Å²) in [7, 11) is 0. The Hall–Kier alpha value is -1.98. The minimum Gasteiger partial charge on any atom is -0.477 e. The number of hydrogen-bond donors (Lipinski definition) is 3. The van der Waals surface area contributed by atoms with Gasteiger partial charge in [-0.2, -0.15) is 0 Å². The van der Waals surface area contributed by atoms with Gasteiger partial charge in [-0.15, -0.1) is 0 Å². The molecule has 0 saturated carbocycles. The van der Waals surface area contributed by atoms with E-state index in [-0.39, 0.29) is 11.3 Å². The third-order valence-corrected chi connectivity index (χ3v) is 3.62. The highest BCUT2D eigenvalue weighted by Gasteiger charge is 2.22. The van der Waals surface area contributed by atoms with E-state index in [2.05, 4.69) is 10.3 Å². The largest absolute Gasteiger partial charge is 0.477 e. The maximum absolute atomic E-state index is 12.3. The fraction of sp³-hybridized carbons (Fsp3) is 0.143. The van der Waals surface area contributed by atoms with Crippen LogP contribution in [0.25, 0.3) is 0 Å². The van der Waals surface area contributed by atoms with E-state index in [1.807, 2.05) is 0 Å². The summed E-state index contributed by atoms with van der Waals surface area (Å²) in [4.78, 5) is 26.1. The topological polar surface area (TPSA) is 82.2 Å². The molecule has 0 saturated heterocycles. The van der Waals surface area contributed by atoms with E-state index >= 15 is 0 Å². The van der Waals surface area contributed by atoms with Crippen LogP contribution in [0.15, 0.2) is 18.2 Å². The molecule has 0 aliphatic carbocycles. The number of hydrogen-bond acceptors (Lipinski definition) is 2. The average Bonchev–Trinajstić information content (AvgIpc) is 2.69. The van der Waals surface area contributed by atoms with Gasteiger partial charge in [0, 0.05) is 10.7 Å². The highest BCUT2D eigenvalue weighted by molar-refractivity contribution is 6.36. The molecule has 110 valence electrons. The molecule has 3 N–H and O–H groups in total. The number of carboxylic acids is 1. The molecular formula is C14H12Cl2N2O3. The Morgan fingerprint density at radius 3 is 2.48 bits per heavy atom. The Balaban J connectivity index is 2.37. The Bertz CT molecular complexity index is 738. The van der Waals surface area contributed by atoms with E-state index in [0.717, 1.165) is 0 Å². The quantitative estimate of drug-likeness (QED) is 0.800. The second kappa shape index (κ2) is 5.79. The highest BCUT2D eigenvalue weighted by Crippen LogP contribution is 2.27. The number of aromatic amines is 1. The molecule has 1 aromatic carbocycles. The van der Waals surface area contributed by atoms with E-state index in [9.17, 15) is 9.59 Å². The molecule has 0 bridgehead atoms. The number of aryl methyl sites for hydroxylation is 1. The number of H-pyrrole nitrogens is 1. The lowest BCUT2D eigenvalue weighted by Crippen LogP contribution is -2.14. The molecule has 1 aromatic heterocycles. The fourth-order valence-electron chi connectivity index (χ4n) is 2.08. The summed E-state index contributed by atoms with van der Waals surface area (Å²) in [6.07, 6.45) is 0. The molecule has 0 radical (unpaired) electrons. The molecule has 0 atom stereocenters. The van der Waals surface area contributed by atoms with Crippen molar-refractivity contribution in [2.24, 2.45) is 0 Å². The lowest BCUT2D eigenvalue weighted by molar-refractivity contribution is 0.0690. The Morgan fingerprint density at radius 2 is 1.90 bits per heavy atom. The molecule has 0 unspecified atom stereocenters. The van der Waals surface area contributed by atoms with Crippen LogP contribution in [0.2, 0.25) is 10.0 Å². The number of carbonyl (C=O) groups excluding carboxylic acids is 1. The maximum Gasteiger partial charge on any atom is 0.352 e. The minimum absolute atomic E-state index is 0.00478. The van der Waals surface area contributed by atoms with Crippen LogP contribution in [-0.2, 0) is 0 Å². The van der Waals surface area contributed by atoms with E-state index in [1.165, 1.54) is 6.07 Å². The summed E-state index contributed by atoms with van der Waals surface area (Å²) in [5.74, 6) is -1.56. The molecular weight excluding hydrogens is 315 g/mol. The van der Waals surface area contributed by atoms with Crippen molar-refractivity contribution in [2.75, 3.05) is 5.32 Å². The number of carbonyl (C=O) groups is 2. The predicted octanol–water partition coefficient (Wildman–Crippen LogP) is 3.89. The van der Waals surface area contributed by atoms with Gasteiger partial charge >= 0.3 is 5.97 Å². The van der Waals surface area contributed by atoms with Crippen molar-refractivity contribution in [3.05, 3.63) is 50.8 Å². The number of nitrogens with one attached hydrogen (secondary N) is 2. The predicted molar refractivity (Wildman–Crippen MR) is 81.6 cm³/mol. The Morgan fingerprint density at radius 1 is 1.24 bits per heavy atom. The zero-order valence-electron chi connectivity index (χ0n) is 11.3. The van der Waals surface area contributed by atoms with Gasteiger partial charge in [0.2, 0.25) is 0 Å². The summed E-state index contributed by atoms with van der Waals surface area (Å²) in [5, 5.41) is 12.5. The summed E-state index contributed by atoms with van der Waals surface area (Å²) in [5.41, 5.74) is 1.49. The first-order valence-corrected chi connectivity index (χ1v) is 6.75. The van der Waals surface area contributed by atoms with Gasteiger partial charge < -0.3 is 15.4 Å². The van der Waals surface area contributed by atoms with Crippen LogP contribution in [0.4, 0.5) is 5.69 Å². The van der Waals surface area contributed by atoms with Gasteiger partial charge in [-0.25, -0.2) is 4.79 Å². The molecule has 0 spiro atoms. The monoisotopic (exact) mass is 326 g/mol. The average molecular weight is 327 g/mol. The Labute approximate surface area is 130 Å². The van der Waals surface area contributed by atoms with Crippen molar-refractivity contribution in [3.63, 3.8) is 0 Å². The summed E-state index contributed by atoms with van der Waals surface area (Å²) in [6.45, 7) is 3.20. The van der Waals surface area contributed by atoms with Gasteiger partial charge in [0.1, 0.15) is 5.69 Å². The van der Waals surface area contributed by atoms with Crippen molar-refractivity contribution >= 4 is 40.8 Å². The van der Waals surface area contributed by atoms with Crippen LogP contribution in [0.5, 0.6) is 0 Å². The molecule has 1 heterocycles. The number of anilines is 1. The SMILES string of the molecule is Cc1[nH]c(C(=O)O)c(C)c1C(=O)Nc1cc(Cl)ccc1Cl. The van der Waals surface area contributed by atoms with Crippen LogP contribution in [0.3, 0.4) is 0 Å². The highest BCUT2D eigenvalue weighted by atomic mass is 35.5. The van der Waals surface area contributed by atoms with Gasteiger partial charge in [0.15, 0.2) is 0 Å². The van der Waals surface area contributed by atoms with Crippen LogP contribution in [0.1, 0.15) is 32.1 Å². The first-order valence-electron chi connectivity index (χ1n) is 6.00. The van der Waals surface area contributed by atoms with E-state index in [1.54, 1.807) is 26.0 Å². The molecule has 0 fully saturated rings. The molecule has 2 aromatic rings. The van der Waals surface area contributed by atoms with E-state index in [4.69, 9.17) is 28.3 Å². The number of aromatic nitrogens is 1. The maximum atomic E-state index is 12.3. The van der Waals surface area contributed by atoms with Crippen molar-refractivity contribution in [3.8, 4) is 0 Å². The van der Waals surface area contributed by atoms with Crippen LogP contribution < -0.4 is 5.32 Å². The van der Waals surface area contributed by atoms with Gasteiger partial charge in [-0.1, -0.05) is 23.2 Å². The number of benzene rings is 1. The van der Waals surface area contributed by atoms with Crippen molar-refractivity contribution in [2.45, 2.75) is 13.8 Å². The second-order valence-electron chi connectivity index (χ2n) is 4.51. The number of halogens is 2.